The van der Waals surface area contributed by atoms with Gasteiger partial charge in [0.05, 0.1) is 6.54 Å². The summed E-state index contributed by atoms with van der Waals surface area (Å²) in [6.07, 6.45) is -2.03. The number of nitrogens with zero attached hydrogens (tertiary/aromatic N) is 1. The highest BCUT2D eigenvalue weighted by atomic mass is 16.6. The summed E-state index contributed by atoms with van der Waals surface area (Å²) in [7, 11) is 0. The second-order valence-corrected chi connectivity index (χ2v) is 4.44. The molecular weight excluding hydrogens is 262 g/mol. The molecule has 7 heteroatoms. The number of ether oxygens (including phenoxy) is 1. The molecule has 1 fully saturated rings. The van der Waals surface area contributed by atoms with Gasteiger partial charge in [0.1, 0.15) is 12.8 Å². The first-order valence-electron chi connectivity index (χ1n) is 6.33. The fraction of sp³-hybridized carbons (Fsp3) is 0.385. The van der Waals surface area contributed by atoms with Gasteiger partial charge in [-0.25, -0.2) is 9.59 Å². The first-order valence-corrected chi connectivity index (χ1v) is 6.33. The molecule has 0 aromatic heterocycles. The van der Waals surface area contributed by atoms with Crippen LogP contribution < -0.4 is 10.6 Å². The molecule has 108 valence electrons. The largest absolute Gasteiger partial charge is 0.465 e. The lowest BCUT2D eigenvalue weighted by atomic mass is 10.2. The van der Waals surface area contributed by atoms with Crippen molar-refractivity contribution in [3.63, 3.8) is 0 Å². The van der Waals surface area contributed by atoms with E-state index < -0.39 is 18.4 Å². The zero-order valence-corrected chi connectivity index (χ0v) is 10.9. The Labute approximate surface area is 116 Å². The van der Waals surface area contributed by atoms with Gasteiger partial charge < -0.3 is 20.1 Å². The third kappa shape index (κ3) is 4.13. The van der Waals surface area contributed by atoms with Crippen LogP contribution >= 0.6 is 0 Å². The summed E-state index contributed by atoms with van der Waals surface area (Å²) in [6, 6.07) is 9.39. The Balaban J connectivity index is 1.81. The maximum atomic E-state index is 11.9. The molecule has 2 amide bonds. The molecule has 0 saturated carbocycles. The van der Waals surface area contributed by atoms with Crippen molar-refractivity contribution in [2.45, 2.75) is 12.8 Å². The highest BCUT2D eigenvalue weighted by Crippen LogP contribution is 2.05. The smallest absolute Gasteiger partial charge is 0.410 e. The number of amides is 2. The molecule has 1 atom stereocenters. The lowest BCUT2D eigenvalue weighted by Crippen LogP contribution is -2.59. The first kappa shape index (κ1) is 14.1. The zero-order valence-electron chi connectivity index (χ0n) is 10.9. The summed E-state index contributed by atoms with van der Waals surface area (Å²) in [4.78, 5) is 24.0. The Hall–Kier alpha value is -2.28. The molecule has 1 aliphatic rings. The van der Waals surface area contributed by atoms with Gasteiger partial charge in [0.2, 0.25) is 0 Å². The topological polar surface area (TPSA) is 90.9 Å². The number of hydrogen-bond acceptors (Lipinski definition) is 4. The van der Waals surface area contributed by atoms with E-state index in [1.165, 1.54) is 4.90 Å². The number of piperazine rings is 1. The third-order valence-corrected chi connectivity index (χ3v) is 2.94. The normalized spacial score (nSPS) is 18.4. The van der Waals surface area contributed by atoms with E-state index in [1.807, 2.05) is 30.3 Å². The van der Waals surface area contributed by atoms with Crippen molar-refractivity contribution in [1.82, 2.24) is 15.5 Å². The summed E-state index contributed by atoms with van der Waals surface area (Å²) in [5, 5.41) is 13.9. The van der Waals surface area contributed by atoms with Crippen LogP contribution in [0.1, 0.15) is 5.56 Å². The van der Waals surface area contributed by atoms with Gasteiger partial charge in [-0.05, 0) is 5.56 Å². The maximum Gasteiger partial charge on any atom is 0.410 e. The van der Waals surface area contributed by atoms with Crippen molar-refractivity contribution in [3.05, 3.63) is 35.9 Å². The van der Waals surface area contributed by atoms with Crippen LogP contribution in [0.4, 0.5) is 9.59 Å². The van der Waals surface area contributed by atoms with E-state index in [1.54, 1.807) is 0 Å². The summed E-state index contributed by atoms with van der Waals surface area (Å²) in [6.45, 7) is 1.47. The fourth-order valence-electron chi connectivity index (χ4n) is 1.97. The van der Waals surface area contributed by atoms with Crippen molar-refractivity contribution in [2.24, 2.45) is 0 Å². The van der Waals surface area contributed by atoms with E-state index in [9.17, 15) is 9.59 Å². The standard InChI is InChI=1S/C13H17N3O4/c17-12(18)15-11-8-16(7-6-14-11)13(19)20-9-10-4-2-1-3-5-10/h1-5,11,14-15H,6-9H2,(H,17,18). The number of nitrogens with one attached hydrogen (secondary N) is 2. The van der Waals surface area contributed by atoms with Gasteiger partial charge in [-0.2, -0.15) is 0 Å². The van der Waals surface area contributed by atoms with Crippen molar-refractivity contribution in [1.29, 1.82) is 0 Å². The van der Waals surface area contributed by atoms with E-state index in [0.29, 0.717) is 13.1 Å². The monoisotopic (exact) mass is 279 g/mol. The Bertz CT molecular complexity index is 466. The molecule has 0 radical (unpaired) electrons. The highest BCUT2D eigenvalue weighted by molar-refractivity contribution is 5.68. The molecule has 1 unspecified atom stereocenters. The second-order valence-electron chi connectivity index (χ2n) is 4.44. The van der Waals surface area contributed by atoms with Crippen LogP contribution in [0.25, 0.3) is 0 Å². The molecule has 3 N–H and O–H groups in total. The van der Waals surface area contributed by atoms with Gasteiger partial charge in [0.25, 0.3) is 0 Å². The van der Waals surface area contributed by atoms with Crippen LogP contribution in [-0.2, 0) is 11.3 Å². The Morgan fingerprint density at radius 2 is 2.15 bits per heavy atom. The molecule has 20 heavy (non-hydrogen) atoms. The molecule has 1 aromatic rings. The van der Waals surface area contributed by atoms with E-state index >= 15 is 0 Å². The van der Waals surface area contributed by atoms with Crippen molar-refractivity contribution in [3.8, 4) is 0 Å². The van der Waals surface area contributed by atoms with E-state index in [2.05, 4.69) is 10.6 Å². The number of carbonyl (C=O) groups excluding carboxylic acids is 1. The summed E-state index contributed by atoms with van der Waals surface area (Å²) in [5.41, 5.74) is 0.913. The van der Waals surface area contributed by atoms with Gasteiger partial charge in [0.15, 0.2) is 0 Å². The van der Waals surface area contributed by atoms with Crippen LogP contribution in [-0.4, -0.2) is 48.0 Å². The first-order chi connectivity index (χ1) is 9.65. The molecule has 1 aliphatic heterocycles. The Morgan fingerprint density at radius 3 is 2.85 bits per heavy atom. The Kier molecular flexibility index (Phi) is 4.78. The Morgan fingerprint density at radius 1 is 1.40 bits per heavy atom. The number of carboxylic acid groups (broad SMARTS) is 1. The van der Waals surface area contributed by atoms with E-state index in [0.717, 1.165) is 5.56 Å². The maximum absolute atomic E-state index is 11.9. The molecule has 0 aliphatic carbocycles. The van der Waals surface area contributed by atoms with Gasteiger partial charge >= 0.3 is 12.2 Å². The lowest BCUT2D eigenvalue weighted by molar-refractivity contribution is 0.0812. The average molecular weight is 279 g/mol. The van der Waals surface area contributed by atoms with Crippen LogP contribution in [0.3, 0.4) is 0 Å². The molecule has 1 saturated heterocycles. The van der Waals surface area contributed by atoms with Crippen molar-refractivity contribution >= 4 is 12.2 Å². The van der Waals surface area contributed by atoms with Crippen molar-refractivity contribution < 1.29 is 19.4 Å². The van der Waals surface area contributed by atoms with Gasteiger partial charge in [-0.1, -0.05) is 30.3 Å². The minimum absolute atomic E-state index is 0.209. The van der Waals surface area contributed by atoms with Gasteiger partial charge in [-0.15, -0.1) is 0 Å². The number of benzene rings is 1. The lowest BCUT2D eigenvalue weighted by Gasteiger charge is -2.32. The summed E-state index contributed by atoms with van der Waals surface area (Å²) in [5.74, 6) is 0. The fourth-order valence-corrected chi connectivity index (χ4v) is 1.97. The third-order valence-electron chi connectivity index (χ3n) is 2.94. The van der Waals surface area contributed by atoms with Crippen LogP contribution in [0.2, 0.25) is 0 Å². The van der Waals surface area contributed by atoms with Crippen LogP contribution in [0.5, 0.6) is 0 Å². The summed E-state index contributed by atoms with van der Waals surface area (Å²) >= 11 is 0. The van der Waals surface area contributed by atoms with Gasteiger partial charge in [0, 0.05) is 13.1 Å². The minimum atomic E-state index is -1.12. The average Bonchev–Trinajstić information content (AvgIpc) is 2.45. The predicted octanol–water partition coefficient (Wildman–Crippen LogP) is 0.822. The van der Waals surface area contributed by atoms with Crippen LogP contribution in [0.15, 0.2) is 30.3 Å². The number of rotatable bonds is 3. The highest BCUT2D eigenvalue weighted by Gasteiger charge is 2.25. The zero-order chi connectivity index (χ0) is 14.4. The molecule has 2 rings (SSSR count). The summed E-state index contributed by atoms with van der Waals surface area (Å²) < 4.78 is 5.20. The second kappa shape index (κ2) is 6.76. The van der Waals surface area contributed by atoms with Crippen molar-refractivity contribution in [2.75, 3.05) is 19.6 Å². The van der Waals surface area contributed by atoms with E-state index in [-0.39, 0.29) is 13.2 Å². The quantitative estimate of drug-likeness (QED) is 0.762. The van der Waals surface area contributed by atoms with Crippen LogP contribution in [0, 0.1) is 0 Å². The molecule has 0 bridgehead atoms. The SMILES string of the molecule is O=C(O)NC1CN(C(=O)OCc2ccccc2)CCN1. The minimum Gasteiger partial charge on any atom is -0.465 e. The molecule has 7 nitrogen and oxygen atoms in total. The van der Waals surface area contributed by atoms with E-state index in [4.69, 9.17) is 9.84 Å². The van der Waals surface area contributed by atoms with Gasteiger partial charge in [-0.3, -0.25) is 5.32 Å². The predicted molar refractivity (Wildman–Crippen MR) is 71.2 cm³/mol. The molecular formula is C13H17N3O4. The number of carbonyl (C=O) groups is 2. The molecule has 1 heterocycles. The molecule has 1 aromatic carbocycles. The number of hydrogen-bond donors (Lipinski definition) is 3. The molecule has 0 spiro atoms.